The van der Waals surface area contributed by atoms with Gasteiger partial charge in [-0.25, -0.2) is 4.68 Å². The maximum atomic E-state index is 11.8. The van der Waals surface area contributed by atoms with Gasteiger partial charge in [0.15, 0.2) is 0 Å². The van der Waals surface area contributed by atoms with E-state index in [9.17, 15) is 9.59 Å². The number of halogens is 1. The lowest BCUT2D eigenvalue weighted by atomic mass is 10.2. The molecule has 0 aliphatic carbocycles. The summed E-state index contributed by atoms with van der Waals surface area (Å²) in [6.45, 7) is 2.51. The van der Waals surface area contributed by atoms with Crippen molar-refractivity contribution in [2.45, 2.75) is 19.9 Å². The highest BCUT2D eigenvalue weighted by molar-refractivity contribution is 6.63. The number of hydrogen-bond acceptors (Lipinski definition) is 4. The van der Waals surface area contributed by atoms with Gasteiger partial charge < -0.3 is 4.74 Å². The fourth-order valence-electron chi connectivity index (χ4n) is 1.35. The number of carbonyl (C=O) groups excluding carboxylic acids is 1. The molecule has 1 aromatic rings. The molecule has 0 N–H and O–H groups in total. The molecule has 1 rings (SSSR count). The molecule has 0 unspecified atom stereocenters. The number of carbonyl (C=O) groups is 1. The first-order chi connectivity index (χ1) is 7.54. The summed E-state index contributed by atoms with van der Waals surface area (Å²) in [6, 6.07) is 1.58. The summed E-state index contributed by atoms with van der Waals surface area (Å²) in [5.74, 6) is 0. The van der Waals surface area contributed by atoms with Gasteiger partial charge in [0.25, 0.3) is 5.56 Å². The lowest BCUT2D eigenvalue weighted by molar-refractivity contribution is -0.111. The van der Waals surface area contributed by atoms with Crippen molar-refractivity contribution in [3.63, 3.8) is 0 Å². The van der Waals surface area contributed by atoms with E-state index in [1.165, 1.54) is 4.68 Å². The fourth-order valence-corrected chi connectivity index (χ4v) is 1.49. The van der Waals surface area contributed by atoms with Crippen LogP contribution in [-0.4, -0.2) is 28.7 Å². The van der Waals surface area contributed by atoms with Crippen LogP contribution >= 0.6 is 11.6 Å². The van der Waals surface area contributed by atoms with Crippen LogP contribution in [-0.2, 0) is 22.5 Å². The molecule has 16 heavy (non-hydrogen) atoms. The molecule has 0 aromatic carbocycles. The molecule has 0 saturated heterocycles. The first kappa shape index (κ1) is 12.9. The molecule has 0 spiro atoms. The van der Waals surface area contributed by atoms with Crippen LogP contribution in [0.3, 0.4) is 0 Å². The quantitative estimate of drug-likeness (QED) is 0.708. The molecule has 88 valence electrons. The highest BCUT2D eigenvalue weighted by Crippen LogP contribution is 1.99. The van der Waals surface area contributed by atoms with Gasteiger partial charge in [-0.1, -0.05) is 0 Å². The molecule has 0 atom stereocenters. The highest BCUT2D eigenvalue weighted by atomic mass is 35.5. The maximum Gasteiger partial charge on any atom is 0.270 e. The van der Waals surface area contributed by atoms with Crippen molar-refractivity contribution in [3.05, 3.63) is 27.7 Å². The molecule has 1 heterocycles. The normalized spacial score (nSPS) is 10.4. The number of ether oxygens (including phenoxy) is 1. The number of methoxy groups -OCH3 is 1. The summed E-state index contributed by atoms with van der Waals surface area (Å²) in [4.78, 5) is 22.6. The van der Waals surface area contributed by atoms with E-state index in [1.54, 1.807) is 20.1 Å². The molecule has 0 aliphatic rings. The second-order valence-corrected chi connectivity index (χ2v) is 3.79. The third-order valence-corrected chi connectivity index (χ3v) is 2.14. The van der Waals surface area contributed by atoms with Crippen molar-refractivity contribution in [2.75, 3.05) is 13.7 Å². The Morgan fingerprint density at radius 3 is 2.88 bits per heavy atom. The molecule has 0 aliphatic heterocycles. The Kier molecular flexibility index (Phi) is 4.64. The van der Waals surface area contributed by atoms with Crippen LogP contribution in [0.15, 0.2) is 10.9 Å². The third kappa shape index (κ3) is 3.43. The van der Waals surface area contributed by atoms with Crippen LogP contribution in [0.2, 0.25) is 0 Å². The second kappa shape index (κ2) is 5.77. The van der Waals surface area contributed by atoms with E-state index in [1.807, 2.05) is 0 Å². The average Bonchev–Trinajstić information content (AvgIpc) is 2.20. The predicted octanol–water partition coefficient (Wildman–Crippen LogP) is 0.506. The van der Waals surface area contributed by atoms with Crippen LogP contribution in [0, 0.1) is 6.92 Å². The molecular formula is C10H13ClN2O3. The van der Waals surface area contributed by atoms with Gasteiger partial charge in [-0.05, 0) is 24.6 Å². The van der Waals surface area contributed by atoms with Crippen LogP contribution in [0.25, 0.3) is 0 Å². The number of hydrogen-bond donors (Lipinski definition) is 0. The summed E-state index contributed by atoms with van der Waals surface area (Å²) in [5, 5.41) is 3.49. The predicted molar refractivity (Wildman–Crippen MR) is 59.7 cm³/mol. The zero-order valence-electron chi connectivity index (χ0n) is 9.20. The van der Waals surface area contributed by atoms with Crippen LogP contribution in [0.4, 0.5) is 0 Å². The Labute approximate surface area is 98.0 Å². The molecule has 6 heteroatoms. The summed E-state index contributed by atoms with van der Waals surface area (Å²) in [5.41, 5.74) is 0.740. The zero-order chi connectivity index (χ0) is 12.1. The fraction of sp³-hybridized carbons (Fsp3) is 0.500. The molecule has 5 nitrogen and oxygen atoms in total. The highest BCUT2D eigenvalue weighted by Gasteiger charge is 2.09. The standard InChI is InChI=1S/C10H13ClN2O3/c1-7-5-8(6-9(11)14)10(15)13(12-7)3-4-16-2/h5H,3-4,6H2,1-2H3. The van der Waals surface area contributed by atoms with E-state index in [4.69, 9.17) is 16.3 Å². The van der Waals surface area contributed by atoms with Crippen molar-refractivity contribution >= 4 is 16.8 Å². The van der Waals surface area contributed by atoms with Gasteiger partial charge >= 0.3 is 0 Å². The van der Waals surface area contributed by atoms with E-state index >= 15 is 0 Å². The van der Waals surface area contributed by atoms with Crippen molar-refractivity contribution in [3.8, 4) is 0 Å². The first-order valence-corrected chi connectivity index (χ1v) is 5.17. The van der Waals surface area contributed by atoms with E-state index in [0.29, 0.717) is 24.4 Å². The lowest BCUT2D eigenvalue weighted by Gasteiger charge is -2.07. The summed E-state index contributed by atoms with van der Waals surface area (Å²) < 4.78 is 6.15. The van der Waals surface area contributed by atoms with Crippen LogP contribution in [0.5, 0.6) is 0 Å². The van der Waals surface area contributed by atoms with E-state index in [0.717, 1.165) is 0 Å². The monoisotopic (exact) mass is 244 g/mol. The molecule has 0 fully saturated rings. The molecule has 0 amide bonds. The van der Waals surface area contributed by atoms with Gasteiger partial charge in [0, 0.05) is 12.7 Å². The second-order valence-electron chi connectivity index (χ2n) is 3.36. The van der Waals surface area contributed by atoms with Crippen molar-refractivity contribution < 1.29 is 9.53 Å². The largest absolute Gasteiger partial charge is 0.383 e. The van der Waals surface area contributed by atoms with Gasteiger partial charge in [-0.3, -0.25) is 9.59 Å². The van der Waals surface area contributed by atoms with Gasteiger partial charge in [-0.2, -0.15) is 5.10 Å². The molecular weight excluding hydrogens is 232 g/mol. The molecule has 0 radical (unpaired) electrons. The number of nitrogens with zero attached hydrogens (tertiary/aromatic N) is 2. The number of rotatable bonds is 5. The van der Waals surface area contributed by atoms with Gasteiger partial charge in [0.2, 0.25) is 5.24 Å². The van der Waals surface area contributed by atoms with Gasteiger partial charge in [0.1, 0.15) is 0 Å². The van der Waals surface area contributed by atoms with Gasteiger partial charge in [-0.15, -0.1) is 0 Å². The minimum Gasteiger partial charge on any atom is -0.383 e. The van der Waals surface area contributed by atoms with Crippen molar-refractivity contribution in [2.24, 2.45) is 0 Å². The minimum atomic E-state index is -0.555. The Morgan fingerprint density at radius 1 is 1.62 bits per heavy atom. The molecule has 1 aromatic heterocycles. The minimum absolute atomic E-state index is 0.0727. The topological polar surface area (TPSA) is 61.2 Å². The molecule has 0 saturated carbocycles. The number of aromatic nitrogens is 2. The summed E-state index contributed by atoms with van der Waals surface area (Å²) in [6.07, 6.45) is -0.0727. The molecule has 0 bridgehead atoms. The smallest absolute Gasteiger partial charge is 0.270 e. The van der Waals surface area contributed by atoms with Crippen LogP contribution in [0.1, 0.15) is 11.3 Å². The van der Waals surface area contributed by atoms with E-state index in [-0.39, 0.29) is 12.0 Å². The Balaban J connectivity index is 3.05. The van der Waals surface area contributed by atoms with Crippen LogP contribution < -0.4 is 5.56 Å². The SMILES string of the molecule is COCCn1nc(C)cc(CC(=O)Cl)c1=O. The Hall–Kier alpha value is -1.20. The summed E-state index contributed by atoms with van der Waals surface area (Å²) in [7, 11) is 1.55. The van der Waals surface area contributed by atoms with E-state index < -0.39 is 5.24 Å². The first-order valence-electron chi connectivity index (χ1n) is 4.79. The summed E-state index contributed by atoms with van der Waals surface area (Å²) >= 11 is 5.26. The van der Waals surface area contributed by atoms with E-state index in [2.05, 4.69) is 5.10 Å². The van der Waals surface area contributed by atoms with Crippen molar-refractivity contribution in [1.29, 1.82) is 0 Å². The Bertz CT molecular complexity index is 442. The Morgan fingerprint density at radius 2 is 2.31 bits per heavy atom. The van der Waals surface area contributed by atoms with Crippen molar-refractivity contribution in [1.82, 2.24) is 9.78 Å². The van der Waals surface area contributed by atoms with Gasteiger partial charge in [0.05, 0.1) is 25.3 Å². The third-order valence-electron chi connectivity index (χ3n) is 2.01. The number of aryl methyl sites for hydroxylation is 1. The maximum absolute atomic E-state index is 11.8. The average molecular weight is 245 g/mol. The zero-order valence-corrected chi connectivity index (χ0v) is 9.95. The lowest BCUT2D eigenvalue weighted by Crippen LogP contribution is -2.29.